The van der Waals surface area contributed by atoms with Crippen LogP contribution < -0.4 is 0 Å². The van der Waals surface area contributed by atoms with Crippen LogP contribution in [-0.4, -0.2) is 19.2 Å². The third kappa shape index (κ3) is 9.51. The first kappa shape index (κ1) is 25.3. The third-order valence-electron chi connectivity index (χ3n) is 5.86. The van der Waals surface area contributed by atoms with Gasteiger partial charge in [-0.15, -0.1) is 0 Å². The Morgan fingerprint density at radius 1 is 0.966 bits per heavy atom. The van der Waals surface area contributed by atoms with Gasteiger partial charge in [0.1, 0.15) is 6.10 Å². The molecule has 3 unspecified atom stereocenters. The van der Waals surface area contributed by atoms with Gasteiger partial charge in [0.05, 0.1) is 7.11 Å². The van der Waals surface area contributed by atoms with Gasteiger partial charge in [-0.25, -0.2) is 4.79 Å². The van der Waals surface area contributed by atoms with Crippen LogP contribution in [0.3, 0.4) is 0 Å². The van der Waals surface area contributed by atoms with Crippen LogP contribution in [0.15, 0.2) is 36.1 Å². The summed E-state index contributed by atoms with van der Waals surface area (Å²) in [7, 11) is 1.54. The zero-order valence-electron chi connectivity index (χ0n) is 19.3. The number of carbonyl (C=O) groups is 1. The molecule has 164 valence electrons. The van der Waals surface area contributed by atoms with E-state index >= 15 is 0 Å². The van der Waals surface area contributed by atoms with Crippen molar-refractivity contribution in [3.8, 4) is 0 Å². The highest BCUT2D eigenvalue weighted by atomic mass is 16.6. The minimum atomic E-state index is -0.346. The molecule has 1 aromatic carbocycles. The lowest BCUT2D eigenvalue weighted by Gasteiger charge is -2.29. The molecule has 0 amide bonds. The van der Waals surface area contributed by atoms with Gasteiger partial charge in [-0.2, -0.15) is 0 Å². The number of ether oxygens (including phenoxy) is 2. The Morgan fingerprint density at radius 3 is 2.17 bits per heavy atom. The number of esters is 1. The van der Waals surface area contributed by atoms with Crippen LogP contribution in [0.1, 0.15) is 91.0 Å². The van der Waals surface area contributed by atoms with Gasteiger partial charge in [-0.1, -0.05) is 96.6 Å². The maximum Gasteiger partial charge on any atom is 0.373 e. The number of carbonyl (C=O) groups excluding carboxylic acids is 1. The number of hydrogen-bond acceptors (Lipinski definition) is 3. The summed E-state index contributed by atoms with van der Waals surface area (Å²) in [5, 5.41) is 0. The molecule has 0 aliphatic heterocycles. The van der Waals surface area contributed by atoms with Gasteiger partial charge >= 0.3 is 5.97 Å². The van der Waals surface area contributed by atoms with Crippen molar-refractivity contribution in [2.45, 2.75) is 91.6 Å². The number of hydrogen-bond donors (Lipinski definition) is 0. The molecule has 1 rings (SSSR count). The fraction of sp³-hybridized carbons (Fsp3) is 0.654. The molecule has 3 atom stereocenters. The topological polar surface area (TPSA) is 35.5 Å². The largest absolute Gasteiger partial charge is 0.490 e. The maximum absolute atomic E-state index is 13.0. The Hall–Kier alpha value is -1.77. The number of rotatable bonds is 15. The molecule has 0 radical (unpaired) electrons. The highest BCUT2D eigenvalue weighted by Gasteiger charge is 2.28. The average Bonchev–Trinajstić information content (AvgIpc) is 2.75. The summed E-state index contributed by atoms with van der Waals surface area (Å²) in [6.45, 7) is 8.92. The molecule has 3 heteroatoms. The average molecular weight is 403 g/mol. The highest BCUT2D eigenvalue weighted by molar-refractivity contribution is 5.91. The molecule has 0 saturated carbocycles. The smallest absolute Gasteiger partial charge is 0.373 e. The van der Waals surface area contributed by atoms with Gasteiger partial charge in [0.15, 0.2) is 0 Å². The van der Waals surface area contributed by atoms with Crippen LogP contribution >= 0.6 is 0 Å². The summed E-state index contributed by atoms with van der Waals surface area (Å²) in [6.07, 6.45) is 12.0. The fourth-order valence-corrected chi connectivity index (χ4v) is 3.86. The minimum absolute atomic E-state index is 0.0461. The van der Waals surface area contributed by atoms with E-state index in [1.807, 2.05) is 30.3 Å². The van der Waals surface area contributed by atoms with Crippen molar-refractivity contribution in [2.75, 3.05) is 7.11 Å². The lowest BCUT2D eigenvalue weighted by Crippen LogP contribution is -2.30. The second-order valence-electron chi connectivity index (χ2n) is 8.03. The van der Waals surface area contributed by atoms with Crippen LogP contribution in [0, 0.1) is 11.8 Å². The predicted molar refractivity (Wildman–Crippen MR) is 123 cm³/mol. The molecule has 0 spiro atoms. The summed E-state index contributed by atoms with van der Waals surface area (Å²) in [5.41, 5.74) is 0.935. The van der Waals surface area contributed by atoms with E-state index in [2.05, 4.69) is 27.7 Å². The molecule has 0 saturated heterocycles. The quantitative estimate of drug-likeness (QED) is 0.174. The molecule has 0 bridgehead atoms. The van der Waals surface area contributed by atoms with E-state index in [1.54, 1.807) is 6.08 Å². The summed E-state index contributed by atoms with van der Waals surface area (Å²) >= 11 is 0. The van der Waals surface area contributed by atoms with E-state index in [0.717, 1.165) is 31.2 Å². The third-order valence-corrected chi connectivity index (χ3v) is 5.86. The first-order valence-electron chi connectivity index (χ1n) is 11.6. The van der Waals surface area contributed by atoms with Crippen molar-refractivity contribution >= 4 is 12.0 Å². The van der Waals surface area contributed by atoms with Crippen LogP contribution in [-0.2, 0) is 14.3 Å². The summed E-state index contributed by atoms with van der Waals surface area (Å²) in [4.78, 5) is 13.0. The van der Waals surface area contributed by atoms with Gasteiger partial charge in [-0.05, 0) is 42.7 Å². The lowest BCUT2D eigenvalue weighted by atomic mass is 9.84. The molecule has 1 aromatic rings. The summed E-state index contributed by atoms with van der Waals surface area (Å²) in [5.74, 6) is 0.937. The molecular formula is C26H42O3. The normalized spacial score (nSPS) is 14.9. The summed E-state index contributed by atoms with van der Waals surface area (Å²) < 4.78 is 11.5. The van der Waals surface area contributed by atoms with Gasteiger partial charge < -0.3 is 9.47 Å². The standard InChI is InChI=1S/C26H42O3/c1-6-10-15-21(8-3)19-24(23(9-4)18-11-7-2)29-26(27)25(28-5)20-22-16-13-12-14-17-22/h12-14,16-17,20-21,23-24H,6-11,15,18-19H2,1-5H3. The van der Waals surface area contributed by atoms with Gasteiger partial charge in [0.25, 0.3) is 0 Å². The summed E-state index contributed by atoms with van der Waals surface area (Å²) in [6, 6.07) is 9.77. The Kier molecular flexibility index (Phi) is 13.2. The van der Waals surface area contributed by atoms with Gasteiger partial charge in [-0.3, -0.25) is 0 Å². The first-order valence-corrected chi connectivity index (χ1v) is 11.6. The van der Waals surface area contributed by atoms with Crippen LogP contribution in [0.4, 0.5) is 0 Å². The zero-order chi connectivity index (χ0) is 21.5. The van der Waals surface area contributed by atoms with E-state index in [1.165, 1.54) is 39.2 Å². The molecule has 0 aliphatic carbocycles. The van der Waals surface area contributed by atoms with Crippen molar-refractivity contribution in [2.24, 2.45) is 11.8 Å². The molecule has 0 aromatic heterocycles. The molecular weight excluding hydrogens is 360 g/mol. The van der Waals surface area contributed by atoms with Crippen LogP contribution in [0.25, 0.3) is 6.08 Å². The van der Waals surface area contributed by atoms with E-state index in [0.29, 0.717) is 11.8 Å². The van der Waals surface area contributed by atoms with E-state index in [9.17, 15) is 4.79 Å². The van der Waals surface area contributed by atoms with Crippen molar-refractivity contribution in [3.63, 3.8) is 0 Å². The second-order valence-corrected chi connectivity index (χ2v) is 8.03. The SMILES string of the molecule is CCCCC(CC)CC(OC(=O)C(=Cc1ccccc1)OC)C(CC)CCCC. The second kappa shape index (κ2) is 15.1. The van der Waals surface area contributed by atoms with Crippen molar-refractivity contribution < 1.29 is 14.3 Å². The lowest BCUT2D eigenvalue weighted by molar-refractivity contribution is -0.152. The molecule has 3 nitrogen and oxygen atoms in total. The van der Waals surface area contributed by atoms with Crippen molar-refractivity contribution in [3.05, 3.63) is 41.7 Å². The van der Waals surface area contributed by atoms with Crippen molar-refractivity contribution in [1.82, 2.24) is 0 Å². The number of methoxy groups -OCH3 is 1. The Balaban J connectivity index is 2.97. The zero-order valence-corrected chi connectivity index (χ0v) is 19.3. The molecule has 0 fully saturated rings. The van der Waals surface area contributed by atoms with E-state index < -0.39 is 0 Å². The Morgan fingerprint density at radius 2 is 1.62 bits per heavy atom. The highest BCUT2D eigenvalue weighted by Crippen LogP contribution is 2.29. The van der Waals surface area contributed by atoms with E-state index in [4.69, 9.17) is 9.47 Å². The predicted octanol–water partition coefficient (Wildman–Crippen LogP) is 7.41. The molecule has 0 aliphatic rings. The number of unbranched alkanes of at least 4 members (excludes halogenated alkanes) is 2. The van der Waals surface area contributed by atoms with Gasteiger partial charge in [0, 0.05) is 0 Å². The molecule has 0 N–H and O–H groups in total. The van der Waals surface area contributed by atoms with E-state index in [-0.39, 0.29) is 17.8 Å². The minimum Gasteiger partial charge on any atom is -0.490 e. The first-order chi connectivity index (χ1) is 14.1. The Bertz CT molecular complexity index is 579. The molecule has 0 heterocycles. The number of benzene rings is 1. The monoisotopic (exact) mass is 402 g/mol. The molecule has 29 heavy (non-hydrogen) atoms. The van der Waals surface area contributed by atoms with Crippen LogP contribution in [0.5, 0.6) is 0 Å². The Labute approximate surface area is 178 Å². The van der Waals surface area contributed by atoms with Gasteiger partial charge in [0.2, 0.25) is 5.76 Å². The maximum atomic E-state index is 13.0. The van der Waals surface area contributed by atoms with Crippen molar-refractivity contribution in [1.29, 1.82) is 0 Å². The van der Waals surface area contributed by atoms with Crippen LogP contribution in [0.2, 0.25) is 0 Å². The fourth-order valence-electron chi connectivity index (χ4n) is 3.86.